The third-order valence-corrected chi connectivity index (χ3v) is 2.65. The molecule has 0 aliphatic carbocycles. The Bertz CT molecular complexity index is 448. The molecule has 0 N–H and O–H groups in total. The molecule has 0 radical (unpaired) electrons. The monoisotopic (exact) mass is 274 g/mol. The maximum Gasteiger partial charge on any atom is 0.331 e. The molecular formula is C10H15BrN2O2. The Hall–Kier alpha value is -0.840. The van der Waals surface area contributed by atoms with Crippen molar-refractivity contribution in [3.63, 3.8) is 0 Å². The summed E-state index contributed by atoms with van der Waals surface area (Å²) in [6, 6.07) is 0. The van der Waals surface area contributed by atoms with Gasteiger partial charge in [0.2, 0.25) is 0 Å². The molecule has 1 aromatic rings. The van der Waals surface area contributed by atoms with E-state index in [9.17, 15) is 9.59 Å². The maximum absolute atomic E-state index is 11.8. The molecule has 0 amide bonds. The van der Waals surface area contributed by atoms with E-state index in [1.54, 1.807) is 10.8 Å². The van der Waals surface area contributed by atoms with E-state index in [0.29, 0.717) is 17.6 Å². The Kier molecular flexibility index (Phi) is 4.32. The fourth-order valence-corrected chi connectivity index (χ4v) is 1.90. The molecule has 15 heavy (non-hydrogen) atoms. The normalized spacial score (nSPS) is 10.6. The Morgan fingerprint density at radius 3 is 2.33 bits per heavy atom. The van der Waals surface area contributed by atoms with E-state index in [0.717, 1.165) is 12.8 Å². The summed E-state index contributed by atoms with van der Waals surface area (Å²) >= 11 is 3.18. The van der Waals surface area contributed by atoms with Crippen LogP contribution in [0.5, 0.6) is 0 Å². The van der Waals surface area contributed by atoms with E-state index in [-0.39, 0.29) is 11.2 Å². The largest absolute Gasteiger partial charge is 0.331 e. The number of nitrogens with zero attached hydrogens (tertiary/aromatic N) is 2. The maximum atomic E-state index is 11.8. The van der Waals surface area contributed by atoms with Crippen LogP contribution in [-0.4, -0.2) is 9.13 Å². The predicted molar refractivity (Wildman–Crippen MR) is 63.2 cm³/mol. The van der Waals surface area contributed by atoms with E-state index in [4.69, 9.17) is 0 Å². The van der Waals surface area contributed by atoms with Crippen molar-refractivity contribution in [1.29, 1.82) is 0 Å². The lowest BCUT2D eigenvalue weighted by molar-refractivity contribution is 0.537. The van der Waals surface area contributed by atoms with E-state index < -0.39 is 0 Å². The average Bonchev–Trinajstić information content (AvgIpc) is 2.21. The third-order valence-electron chi connectivity index (χ3n) is 2.11. The first-order valence-corrected chi connectivity index (χ1v) is 5.90. The van der Waals surface area contributed by atoms with Crippen LogP contribution >= 0.6 is 15.9 Å². The summed E-state index contributed by atoms with van der Waals surface area (Å²) in [5.41, 5.74) is -0.457. The first-order chi connectivity index (χ1) is 7.11. The molecule has 1 aromatic heterocycles. The molecule has 0 fully saturated rings. The lowest BCUT2D eigenvalue weighted by Gasteiger charge is -2.09. The summed E-state index contributed by atoms with van der Waals surface area (Å²) in [6.07, 6.45) is 3.22. The zero-order valence-electron chi connectivity index (χ0n) is 8.99. The van der Waals surface area contributed by atoms with Gasteiger partial charge in [-0.1, -0.05) is 13.8 Å². The summed E-state index contributed by atoms with van der Waals surface area (Å²) < 4.78 is 3.30. The van der Waals surface area contributed by atoms with Gasteiger partial charge in [-0.3, -0.25) is 13.9 Å². The minimum atomic E-state index is -0.241. The fourth-order valence-electron chi connectivity index (χ4n) is 1.44. The molecule has 0 atom stereocenters. The van der Waals surface area contributed by atoms with Crippen molar-refractivity contribution in [1.82, 2.24) is 9.13 Å². The molecule has 0 aliphatic heterocycles. The van der Waals surface area contributed by atoms with Gasteiger partial charge < -0.3 is 0 Å². The van der Waals surface area contributed by atoms with Gasteiger partial charge in [-0.2, -0.15) is 0 Å². The van der Waals surface area contributed by atoms with Gasteiger partial charge >= 0.3 is 5.69 Å². The van der Waals surface area contributed by atoms with Crippen molar-refractivity contribution in [2.24, 2.45) is 0 Å². The van der Waals surface area contributed by atoms with Crippen LogP contribution in [-0.2, 0) is 13.1 Å². The van der Waals surface area contributed by atoms with Crippen LogP contribution in [0.4, 0.5) is 0 Å². The average molecular weight is 275 g/mol. The highest BCUT2D eigenvalue weighted by Crippen LogP contribution is 2.00. The molecule has 0 saturated carbocycles. The fraction of sp³-hybridized carbons (Fsp3) is 0.600. The second-order valence-corrected chi connectivity index (χ2v) is 4.26. The third kappa shape index (κ3) is 2.59. The lowest BCUT2D eigenvalue weighted by Crippen LogP contribution is -2.39. The standard InChI is InChI=1S/C10H15BrN2O2/c1-3-5-12-7-8(11)9(14)13(6-4-2)10(12)15/h7H,3-6H2,1-2H3. The van der Waals surface area contributed by atoms with Crippen molar-refractivity contribution < 1.29 is 0 Å². The summed E-state index contributed by atoms with van der Waals surface area (Å²) in [5.74, 6) is 0. The van der Waals surface area contributed by atoms with Crippen molar-refractivity contribution in [2.75, 3.05) is 0 Å². The Morgan fingerprint density at radius 1 is 1.20 bits per heavy atom. The van der Waals surface area contributed by atoms with Crippen molar-refractivity contribution in [3.05, 3.63) is 31.5 Å². The van der Waals surface area contributed by atoms with Gasteiger partial charge in [0.05, 0.1) is 4.47 Å². The molecule has 5 heteroatoms. The van der Waals surface area contributed by atoms with E-state index >= 15 is 0 Å². The molecule has 0 bridgehead atoms. The lowest BCUT2D eigenvalue weighted by atomic mass is 10.4. The van der Waals surface area contributed by atoms with E-state index in [1.165, 1.54) is 4.57 Å². The molecule has 0 aromatic carbocycles. The molecule has 4 nitrogen and oxygen atoms in total. The molecule has 0 spiro atoms. The zero-order chi connectivity index (χ0) is 11.4. The molecular weight excluding hydrogens is 260 g/mol. The van der Waals surface area contributed by atoms with Crippen LogP contribution in [0.25, 0.3) is 0 Å². The predicted octanol–water partition coefficient (Wildman–Crippen LogP) is 1.59. The Morgan fingerprint density at radius 2 is 1.80 bits per heavy atom. The topological polar surface area (TPSA) is 44.0 Å². The Balaban J connectivity index is 3.35. The molecule has 0 aliphatic rings. The first kappa shape index (κ1) is 12.2. The van der Waals surface area contributed by atoms with Crippen LogP contribution in [0, 0.1) is 0 Å². The molecule has 0 unspecified atom stereocenters. The quantitative estimate of drug-likeness (QED) is 0.837. The van der Waals surface area contributed by atoms with Crippen molar-refractivity contribution in [2.45, 2.75) is 39.8 Å². The second kappa shape index (κ2) is 5.30. The molecule has 0 saturated heterocycles. The summed E-state index contributed by atoms with van der Waals surface area (Å²) in [4.78, 5) is 23.5. The number of rotatable bonds is 4. The van der Waals surface area contributed by atoms with Crippen LogP contribution in [0.2, 0.25) is 0 Å². The number of aryl methyl sites for hydroxylation is 1. The molecule has 84 valence electrons. The highest BCUT2D eigenvalue weighted by molar-refractivity contribution is 9.10. The molecule has 1 heterocycles. The van der Waals surface area contributed by atoms with Gasteiger partial charge in [-0.25, -0.2) is 4.79 Å². The van der Waals surface area contributed by atoms with Crippen LogP contribution in [0.15, 0.2) is 20.3 Å². The van der Waals surface area contributed by atoms with Gasteiger partial charge in [0, 0.05) is 19.3 Å². The van der Waals surface area contributed by atoms with Crippen LogP contribution in [0.3, 0.4) is 0 Å². The zero-order valence-corrected chi connectivity index (χ0v) is 10.6. The highest BCUT2D eigenvalue weighted by atomic mass is 79.9. The summed E-state index contributed by atoms with van der Waals surface area (Å²) in [7, 11) is 0. The van der Waals surface area contributed by atoms with Gasteiger partial charge in [-0.05, 0) is 28.8 Å². The van der Waals surface area contributed by atoms with Gasteiger partial charge in [0.15, 0.2) is 0 Å². The molecule has 1 rings (SSSR count). The SMILES string of the molecule is CCCn1cc(Br)c(=O)n(CCC)c1=O. The van der Waals surface area contributed by atoms with Gasteiger partial charge in [0.1, 0.15) is 0 Å². The van der Waals surface area contributed by atoms with Crippen molar-refractivity contribution in [3.8, 4) is 0 Å². The summed E-state index contributed by atoms with van der Waals surface area (Å²) in [6.45, 7) is 5.05. The minimum absolute atomic E-state index is 0.216. The van der Waals surface area contributed by atoms with Crippen LogP contribution < -0.4 is 11.2 Å². The number of halogens is 1. The first-order valence-electron chi connectivity index (χ1n) is 5.11. The van der Waals surface area contributed by atoms with Crippen molar-refractivity contribution >= 4 is 15.9 Å². The van der Waals surface area contributed by atoms with E-state index in [1.807, 2.05) is 13.8 Å². The summed E-state index contributed by atoms with van der Waals surface area (Å²) in [5, 5.41) is 0. The second-order valence-electron chi connectivity index (χ2n) is 3.41. The number of hydrogen-bond donors (Lipinski definition) is 0. The smallest absolute Gasteiger partial charge is 0.299 e. The van der Waals surface area contributed by atoms with Gasteiger partial charge in [-0.15, -0.1) is 0 Å². The minimum Gasteiger partial charge on any atom is -0.299 e. The van der Waals surface area contributed by atoms with Crippen LogP contribution in [0.1, 0.15) is 26.7 Å². The van der Waals surface area contributed by atoms with E-state index in [2.05, 4.69) is 15.9 Å². The van der Waals surface area contributed by atoms with Gasteiger partial charge in [0.25, 0.3) is 5.56 Å². The number of aromatic nitrogens is 2. The highest BCUT2D eigenvalue weighted by Gasteiger charge is 2.07. The Labute approximate surface area is 96.7 Å². The number of hydrogen-bond acceptors (Lipinski definition) is 2.